The zero-order chi connectivity index (χ0) is 25.5. The minimum absolute atomic E-state index is 0.360. The summed E-state index contributed by atoms with van der Waals surface area (Å²) in [5.74, 6) is -0.360. The molecule has 0 aliphatic rings. The standard InChI is InChI=1S/C30H43BrClNO2/c1-4-5-6-7-8-9-10-11-12-13-14-17-22-30(2,26-18-15-16-19-27(26)32)33-28-21-20-24(31)23-25(28)29(34)35-3/h15-16,18-21,23,33H,4-14,17,22H2,1-3H3. The Kier molecular flexibility index (Phi) is 13.8. The van der Waals surface area contributed by atoms with Crippen LogP contribution in [0.15, 0.2) is 46.9 Å². The van der Waals surface area contributed by atoms with Crippen LogP contribution in [-0.2, 0) is 10.3 Å². The highest BCUT2D eigenvalue weighted by atomic mass is 79.9. The molecule has 1 unspecified atom stereocenters. The summed E-state index contributed by atoms with van der Waals surface area (Å²) in [7, 11) is 1.41. The zero-order valence-corrected chi connectivity index (χ0v) is 24.1. The van der Waals surface area contributed by atoms with Gasteiger partial charge in [-0.05, 0) is 43.2 Å². The Bertz CT molecular complexity index is 904. The van der Waals surface area contributed by atoms with Gasteiger partial charge in [0.2, 0.25) is 0 Å². The van der Waals surface area contributed by atoms with Crippen molar-refractivity contribution in [3.8, 4) is 0 Å². The molecular formula is C30H43BrClNO2. The van der Waals surface area contributed by atoms with E-state index in [2.05, 4.69) is 41.2 Å². The number of unbranched alkanes of at least 4 members (excludes halogenated alkanes) is 11. The van der Waals surface area contributed by atoms with Gasteiger partial charge in [0.25, 0.3) is 0 Å². The van der Waals surface area contributed by atoms with Gasteiger partial charge in [0.1, 0.15) is 0 Å². The van der Waals surface area contributed by atoms with Crippen molar-refractivity contribution >= 4 is 39.2 Å². The Hall–Kier alpha value is -1.52. The highest BCUT2D eigenvalue weighted by Gasteiger charge is 2.30. The minimum Gasteiger partial charge on any atom is -0.465 e. The molecule has 0 saturated carbocycles. The van der Waals surface area contributed by atoms with E-state index in [1.54, 1.807) is 6.07 Å². The largest absolute Gasteiger partial charge is 0.465 e. The molecule has 0 spiro atoms. The maximum absolute atomic E-state index is 12.4. The van der Waals surface area contributed by atoms with Crippen molar-refractivity contribution in [2.45, 2.75) is 103 Å². The molecule has 2 aromatic carbocycles. The third kappa shape index (κ3) is 10.2. The molecule has 0 radical (unpaired) electrons. The molecule has 0 aliphatic heterocycles. The van der Waals surface area contributed by atoms with E-state index in [0.717, 1.165) is 33.6 Å². The van der Waals surface area contributed by atoms with Crippen molar-refractivity contribution in [1.82, 2.24) is 0 Å². The summed E-state index contributed by atoms with van der Waals surface area (Å²) in [4.78, 5) is 12.4. The van der Waals surface area contributed by atoms with E-state index >= 15 is 0 Å². The summed E-state index contributed by atoms with van der Waals surface area (Å²) in [6, 6.07) is 13.6. The van der Waals surface area contributed by atoms with Gasteiger partial charge in [0.05, 0.1) is 18.2 Å². The summed E-state index contributed by atoms with van der Waals surface area (Å²) in [6.07, 6.45) is 16.8. The first-order valence-electron chi connectivity index (χ1n) is 13.3. The van der Waals surface area contributed by atoms with Crippen molar-refractivity contribution in [2.75, 3.05) is 12.4 Å². The first-order chi connectivity index (χ1) is 16.9. The van der Waals surface area contributed by atoms with Gasteiger partial charge in [-0.15, -0.1) is 0 Å². The normalized spacial score (nSPS) is 12.8. The van der Waals surface area contributed by atoms with E-state index in [-0.39, 0.29) is 5.97 Å². The first kappa shape index (κ1) is 29.7. The molecule has 194 valence electrons. The number of rotatable bonds is 17. The molecule has 0 heterocycles. The van der Waals surface area contributed by atoms with Gasteiger partial charge in [0.15, 0.2) is 0 Å². The fraction of sp³-hybridized carbons (Fsp3) is 0.567. The lowest BCUT2D eigenvalue weighted by Gasteiger charge is -2.34. The number of methoxy groups -OCH3 is 1. The summed E-state index contributed by atoms with van der Waals surface area (Å²) >= 11 is 10.1. The van der Waals surface area contributed by atoms with E-state index in [9.17, 15) is 4.79 Å². The predicted octanol–water partition coefficient (Wildman–Crippen LogP) is 10.3. The summed E-state index contributed by atoms with van der Waals surface area (Å²) in [6.45, 7) is 4.45. The van der Waals surface area contributed by atoms with Crippen molar-refractivity contribution in [2.24, 2.45) is 0 Å². The second kappa shape index (κ2) is 16.3. The fourth-order valence-corrected chi connectivity index (χ4v) is 5.40. The highest BCUT2D eigenvalue weighted by Crippen LogP contribution is 2.37. The number of halogens is 2. The predicted molar refractivity (Wildman–Crippen MR) is 154 cm³/mol. The Morgan fingerprint density at radius 3 is 2.06 bits per heavy atom. The number of carbonyl (C=O) groups is 1. The van der Waals surface area contributed by atoms with E-state index in [1.165, 1.54) is 77.7 Å². The van der Waals surface area contributed by atoms with Crippen molar-refractivity contribution < 1.29 is 9.53 Å². The number of carbonyl (C=O) groups excluding carboxylic acids is 1. The molecule has 0 aromatic heterocycles. The first-order valence-corrected chi connectivity index (χ1v) is 14.5. The molecule has 0 saturated heterocycles. The van der Waals surface area contributed by atoms with Gasteiger partial charge in [0, 0.05) is 15.2 Å². The molecule has 2 rings (SSSR count). The molecule has 1 N–H and O–H groups in total. The van der Waals surface area contributed by atoms with Gasteiger partial charge in [-0.2, -0.15) is 0 Å². The van der Waals surface area contributed by atoms with E-state index < -0.39 is 5.54 Å². The SMILES string of the molecule is CCCCCCCCCCCCCCC(C)(Nc1ccc(Br)cc1C(=O)OC)c1ccccc1Cl. The molecule has 0 fully saturated rings. The Morgan fingerprint density at radius 1 is 0.914 bits per heavy atom. The Morgan fingerprint density at radius 2 is 1.49 bits per heavy atom. The minimum atomic E-state index is -0.409. The fourth-order valence-electron chi connectivity index (χ4n) is 4.69. The number of anilines is 1. The van der Waals surface area contributed by atoms with Crippen molar-refractivity contribution in [3.05, 3.63) is 63.1 Å². The zero-order valence-electron chi connectivity index (χ0n) is 21.8. The summed E-state index contributed by atoms with van der Waals surface area (Å²) in [5, 5.41) is 4.39. The maximum Gasteiger partial charge on any atom is 0.340 e. The molecule has 1 atom stereocenters. The summed E-state index contributed by atoms with van der Waals surface area (Å²) in [5.41, 5.74) is 1.90. The van der Waals surface area contributed by atoms with E-state index in [0.29, 0.717) is 5.56 Å². The van der Waals surface area contributed by atoms with Gasteiger partial charge in [-0.3, -0.25) is 0 Å². The van der Waals surface area contributed by atoms with Crippen LogP contribution in [0.1, 0.15) is 113 Å². The number of ether oxygens (including phenoxy) is 1. The maximum atomic E-state index is 12.4. The van der Waals surface area contributed by atoms with Gasteiger partial charge < -0.3 is 10.1 Å². The summed E-state index contributed by atoms with van der Waals surface area (Å²) < 4.78 is 5.86. The molecule has 35 heavy (non-hydrogen) atoms. The number of nitrogens with one attached hydrogen (secondary N) is 1. The van der Waals surface area contributed by atoms with Gasteiger partial charge in [-0.25, -0.2) is 4.79 Å². The van der Waals surface area contributed by atoms with Crippen LogP contribution in [0.4, 0.5) is 5.69 Å². The van der Waals surface area contributed by atoms with Crippen LogP contribution in [0.5, 0.6) is 0 Å². The van der Waals surface area contributed by atoms with Crippen molar-refractivity contribution in [3.63, 3.8) is 0 Å². The van der Waals surface area contributed by atoms with Crippen LogP contribution in [-0.4, -0.2) is 13.1 Å². The van der Waals surface area contributed by atoms with Gasteiger partial charge in [-0.1, -0.05) is 130 Å². The second-order valence-corrected chi connectivity index (χ2v) is 11.1. The number of hydrogen-bond donors (Lipinski definition) is 1. The quantitative estimate of drug-likeness (QED) is 0.153. The third-order valence-electron chi connectivity index (χ3n) is 6.80. The smallest absolute Gasteiger partial charge is 0.340 e. The van der Waals surface area contributed by atoms with Crippen molar-refractivity contribution in [1.29, 1.82) is 0 Å². The molecule has 3 nitrogen and oxygen atoms in total. The van der Waals surface area contributed by atoms with Crippen LogP contribution in [0.2, 0.25) is 5.02 Å². The average Bonchev–Trinajstić information content (AvgIpc) is 2.85. The van der Waals surface area contributed by atoms with Crippen LogP contribution >= 0.6 is 27.5 Å². The molecule has 2 aromatic rings. The number of esters is 1. The van der Waals surface area contributed by atoms with E-state index in [4.69, 9.17) is 16.3 Å². The lowest BCUT2D eigenvalue weighted by atomic mass is 9.85. The lowest BCUT2D eigenvalue weighted by molar-refractivity contribution is 0.0601. The molecule has 0 bridgehead atoms. The Balaban J connectivity index is 1.94. The monoisotopic (exact) mass is 563 g/mol. The number of benzene rings is 2. The van der Waals surface area contributed by atoms with E-state index in [1.807, 2.05) is 30.3 Å². The van der Waals surface area contributed by atoms with Crippen LogP contribution in [0.25, 0.3) is 0 Å². The molecule has 5 heteroatoms. The van der Waals surface area contributed by atoms with Crippen LogP contribution < -0.4 is 5.32 Å². The molecule has 0 amide bonds. The number of hydrogen-bond acceptors (Lipinski definition) is 3. The van der Waals surface area contributed by atoms with Crippen LogP contribution in [0, 0.1) is 0 Å². The topological polar surface area (TPSA) is 38.3 Å². The highest BCUT2D eigenvalue weighted by molar-refractivity contribution is 9.10. The van der Waals surface area contributed by atoms with Crippen LogP contribution in [0.3, 0.4) is 0 Å². The third-order valence-corrected chi connectivity index (χ3v) is 7.62. The second-order valence-electron chi connectivity index (χ2n) is 9.76. The molecular weight excluding hydrogens is 522 g/mol. The average molecular weight is 565 g/mol. The Labute approximate surface area is 226 Å². The lowest BCUT2D eigenvalue weighted by Crippen LogP contribution is -2.33. The van der Waals surface area contributed by atoms with Gasteiger partial charge >= 0.3 is 5.97 Å². The molecule has 0 aliphatic carbocycles.